The molecular weight excluding hydrogens is 493 g/mol. The lowest BCUT2D eigenvalue weighted by Gasteiger charge is -2.22. The first kappa shape index (κ1) is 26.5. The number of benzene rings is 1. The van der Waals surface area contributed by atoms with Crippen LogP contribution in [0.2, 0.25) is 0 Å². The third-order valence-corrected chi connectivity index (χ3v) is 4.83. The van der Waals surface area contributed by atoms with Crippen LogP contribution in [-0.2, 0) is 11.3 Å². The maximum absolute atomic E-state index is 11.7. The molecule has 30 heavy (non-hydrogen) atoms. The summed E-state index contributed by atoms with van der Waals surface area (Å²) in [5.74, 6) is 0.779. The molecule has 1 aromatic rings. The Morgan fingerprint density at radius 3 is 2.47 bits per heavy atom. The molecule has 170 valence electrons. The van der Waals surface area contributed by atoms with E-state index in [9.17, 15) is 4.79 Å². The smallest absolute Gasteiger partial charge is 0.319 e. The van der Waals surface area contributed by atoms with E-state index in [1.807, 2.05) is 38.1 Å². The van der Waals surface area contributed by atoms with Crippen molar-refractivity contribution in [3.8, 4) is 0 Å². The number of nitrogens with one attached hydrogen (secondary N) is 4. The standard InChI is InChI=1S/C22H37N5O2.HI/c1-17(2)26-22(28)27-19-12-10-18(11-13-19)16-25-21(23-3)24-14-7-15-29-20-8-5-4-6-9-20;/h10-13,17,20H,4-9,14-16H2,1-3H3,(H2,23,24,25)(H2,26,27,28);1H. The average molecular weight is 531 g/mol. The van der Waals surface area contributed by atoms with Gasteiger partial charge in [0.05, 0.1) is 6.10 Å². The van der Waals surface area contributed by atoms with Gasteiger partial charge >= 0.3 is 6.03 Å². The molecule has 0 saturated heterocycles. The number of nitrogens with zero attached hydrogens (tertiary/aromatic N) is 1. The number of hydrogen-bond donors (Lipinski definition) is 4. The topological polar surface area (TPSA) is 86.8 Å². The first-order valence-corrected chi connectivity index (χ1v) is 10.8. The van der Waals surface area contributed by atoms with E-state index in [1.165, 1.54) is 32.1 Å². The number of amides is 2. The molecule has 1 saturated carbocycles. The van der Waals surface area contributed by atoms with Crippen LogP contribution in [0, 0.1) is 0 Å². The fraction of sp³-hybridized carbons (Fsp3) is 0.636. The highest BCUT2D eigenvalue weighted by atomic mass is 127. The van der Waals surface area contributed by atoms with Crippen molar-refractivity contribution in [2.75, 3.05) is 25.5 Å². The maximum Gasteiger partial charge on any atom is 0.319 e. The molecule has 0 bridgehead atoms. The molecule has 0 heterocycles. The first-order valence-electron chi connectivity index (χ1n) is 10.8. The molecule has 0 aliphatic heterocycles. The Bertz CT molecular complexity index is 631. The van der Waals surface area contributed by atoms with E-state index in [1.54, 1.807) is 7.05 Å². The Labute approximate surface area is 198 Å². The van der Waals surface area contributed by atoms with Gasteiger partial charge in [-0.2, -0.15) is 0 Å². The van der Waals surface area contributed by atoms with E-state index >= 15 is 0 Å². The van der Waals surface area contributed by atoms with Crippen molar-refractivity contribution < 1.29 is 9.53 Å². The number of aliphatic imine (C=N–C) groups is 1. The highest BCUT2D eigenvalue weighted by molar-refractivity contribution is 14.0. The van der Waals surface area contributed by atoms with E-state index < -0.39 is 0 Å². The second kappa shape index (κ2) is 15.3. The summed E-state index contributed by atoms with van der Waals surface area (Å²) in [5, 5.41) is 12.3. The van der Waals surface area contributed by atoms with Crippen LogP contribution in [0.4, 0.5) is 10.5 Å². The highest BCUT2D eigenvalue weighted by Crippen LogP contribution is 2.20. The van der Waals surface area contributed by atoms with Crippen molar-refractivity contribution in [1.82, 2.24) is 16.0 Å². The van der Waals surface area contributed by atoms with E-state index in [0.717, 1.165) is 36.8 Å². The van der Waals surface area contributed by atoms with Gasteiger partial charge < -0.3 is 26.0 Å². The van der Waals surface area contributed by atoms with Gasteiger partial charge in [-0.15, -0.1) is 24.0 Å². The molecular formula is C22H38IN5O2. The summed E-state index contributed by atoms with van der Waals surface area (Å²) in [6.07, 6.45) is 7.84. The van der Waals surface area contributed by atoms with Gasteiger partial charge in [0.25, 0.3) is 0 Å². The van der Waals surface area contributed by atoms with Crippen molar-refractivity contribution in [2.24, 2.45) is 4.99 Å². The fourth-order valence-electron chi connectivity index (χ4n) is 3.30. The van der Waals surface area contributed by atoms with Gasteiger partial charge in [-0.3, -0.25) is 4.99 Å². The van der Waals surface area contributed by atoms with Crippen LogP contribution in [0.15, 0.2) is 29.3 Å². The van der Waals surface area contributed by atoms with E-state index in [4.69, 9.17) is 4.74 Å². The zero-order valence-corrected chi connectivity index (χ0v) is 20.8. The molecule has 0 unspecified atom stereocenters. The molecule has 4 N–H and O–H groups in total. The monoisotopic (exact) mass is 531 g/mol. The molecule has 1 aromatic carbocycles. The third kappa shape index (κ3) is 11.0. The summed E-state index contributed by atoms with van der Waals surface area (Å²) in [6, 6.07) is 7.69. The van der Waals surface area contributed by atoms with Crippen LogP contribution in [0.25, 0.3) is 0 Å². The van der Waals surface area contributed by atoms with Crippen molar-refractivity contribution in [2.45, 2.75) is 71.1 Å². The molecule has 2 amide bonds. The summed E-state index contributed by atoms with van der Waals surface area (Å²) in [5.41, 5.74) is 1.88. The highest BCUT2D eigenvalue weighted by Gasteiger charge is 2.13. The Balaban J connectivity index is 0.00000450. The SMILES string of the molecule is CN=C(NCCCOC1CCCCC1)NCc1ccc(NC(=O)NC(C)C)cc1.I. The molecule has 0 atom stereocenters. The third-order valence-electron chi connectivity index (χ3n) is 4.83. The van der Waals surface area contributed by atoms with Gasteiger partial charge in [-0.05, 0) is 50.8 Å². The van der Waals surface area contributed by atoms with Crippen molar-refractivity contribution in [3.63, 3.8) is 0 Å². The zero-order chi connectivity index (χ0) is 20.9. The molecule has 1 fully saturated rings. The predicted molar refractivity (Wildman–Crippen MR) is 135 cm³/mol. The second-order valence-corrected chi connectivity index (χ2v) is 7.79. The molecule has 7 nitrogen and oxygen atoms in total. The Hall–Kier alpha value is -1.55. The Kier molecular flexibility index (Phi) is 13.5. The number of halogens is 1. The minimum absolute atomic E-state index is 0. The number of anilines is 1. The van der Waals surface area contributed by atoms with Gasteiger partial charge in [0.15, 0.2) is 5.96 Å². The zero-order valence-electron chi connectivity index (χ0n) is 18.5. The quantitative estimate of drug-likeness (QED) is 0.166. The summed E-state index contributed by atoms with van der Waals surface area (Å²) in [6.45, 7) is 6.16. The van der Waals surface area contributed by atoms with Crippen LogP contribution in [0.5, 0.6) is 0 Å². The number of ether oxygens (including phenoxy) is 1. The van der Waals surface area contributed by atoms with Gasteiger partial charge in [0.1, 0.15) is 0 Å². The normalized spacial score (nSPS) is 14.7. The molecule has 2 rings (SSSR count). The lowest BCUT2D eigenvalue weighted by molar-refractivity contribution is 0.0277. The number of rotatable bonds is 9. The first-order chi connectivity index (χ1) is 14.1. The molecule has 1 aliphatic rings. The van der Waals surface area contributed by atoms with E-state index in [2.05, 4.69) is 26.3 Å². The summed E-state index contributed by atoms with van der Waals surface area (Å²) in [7, 11) is 1.77. The van der Waals surface area contributed by atoms with E-state index in [0.29, 0.717) is 12.6 Å². The minimum atomic E-state index is -0.192. The van der Waals surface area contributed by atoms with Crippen LogP contribution in [0.1, 0.15) is 57.9 Å². The van der Waals surface area contributed by atoms with Crippen LogP contribution < -0.4 is 21.3 Å². The van der Waals surface area contributed by atoms with Gasteiger partial charge in [-0.1, -0.05) is 31.4 Å². The van der Waals surface area contributed by atoms with E-state index in [-0.39, 0.29) is 36.0 Å². The molecule has 1 aliphatic carbocycles. The molecule has 0 aromatic heterocycles. The lowest BCUT2D eigenvalue weighted by Crippen LogP contribution is -2.37. The van der Waals surface area contributed by atoms with Gasteiger partial charge in [-0.25, -0.2) is 4.79 Å². The molecule has 0 spiro atoms. The fourth-order valence-corrected chi connectivity index (χ4v) is 3.30. The Morgan fingerprint density at radius 2 is 1.83 bits per heavy atom. The number of hydrogen-bond acceptors (Lipinski definition) is 3. The second-order valence-electron chi connectivity index (χ2n) is 7.79. The molecule has 8 heteroatoms. The number of guanidine groups is 1. The number of urea groups is 1. The van der Waals surface area contributed by atoms with Crippen molar-refractivity contribution in [1.29, 1.82) is 0 Å². The maximum atomic E-state index is 11.7. The minimum Gasteiger partial charge on any atom is -0.378 e. The van der Waals surface area contributed by atoms with Crippen LogP contribution in [0.3, 0.4) is 0 Å². The summed E-state index contributed by atoms with van der Waals surface area (Å²) < 4.78 is 5.95. The van der Waals surface area contributed by atoms with Crippen LogP contribution >= 0.6 is 24.0 Å². The lowest BCUT2D eigenvalue weighted by atomic mass is 9.98. The molecule has 0 radical (unpaired) electrons. The summed E-state index contributed by atoms with van der Waals surface area (Å²) in [4.78, 5) is 16.0. The number of carbonyl (C=O) groups excluding carboxylic acids is 1. The average Bonchev–Trinajstić information content (AvgIpc) is 2.71. The van der Waals surface area contributed by atoms with Crippen LogP contribution in [-0.4, -0.2) is 44.3 Å². The van der Waals surface area contributed by atoms with Gasteiger partial charge in [0.2, 0.25) is 0 Å². The van der Waals surface area contributed by atoms with Crippen molar-refractivity contribution in [3.05, 3.63) is 29.8 Å². The van der Waals surface area contributed by atoms with Gasteiger partial charge in [0, 0.05) is 38.5 Å². The summed E-state index contributed by atoms with van der Waals surface area (Å²) >= 11 is 0. The Morgan fingerprint density at radius 1 is 1.13 bits per heavy atom. The number of carbonyl (C=O) groups is 1. The van der Waals surface area contributed by atoms with Crippen molar-refractivity contribution >= 4 is 41.7 Å². The predicted octanol–water partition coefficient (Wildman–Crippen LogP) is 4.24. The largest absolute Gasteiger partial charge is 0.378 e.